The fourth-order valence-electron chi connectivity index (χ4n) is 4.61. The Morgan fingerprint density at radius 1 is 1.29 bits per heavy atom. The molecule has 1 saturated carbocycles. The summed E-state index contributed by atoms with van der Waals surface area (Å²) in [6, 6.07) is 5.42. The number of aromatic amines is 1. The minimum Gasteiger partial charge on any atom is -0.462 e. The number of hydrogen-bond acceptors (Lipinski definition) is 9. The number of benzene rings is 1. The zero-order valence-electron chi connectivity index (χ0n) is 23.7. The molecule has 2 aliphatic rings. The summed E-state index contributed by atoms with van der Waals surface area (Å²) in [5.41, 5.74) is -2.59. The summed E-state index contributed by atoms with van der Waals surface area (Å²) in [4.78, 5) is 38.3. The largest absolute Gasteiger partial charge is 0.462 e. The SMILES string of the molecule is Cc1cccc(CC2CC2)c1OP(=O)(N[C@@H](C)C(=O)OC(C)C)OC[C@H]1O[C@@H](n2ccc(=O)[nH]c2=O)[C@](C)(F)[C@@H]1O. The van der Waals surface area contributed by atoms with Gasteiger partial charge in [0.1, 0.15) is 24.0 Å². The number of carbonyl (C=O) groups is 1. The van der Waals surface area contributed by atoms with Gasteiger partial charge in [-0.05, 0) is 70.9 Å². The smallest absolute Gasteiger partial charge is 0.459 e. The Kier molecular flexibility index (Phi) is 9.25. The number of alkyl halides is 1. The highest BCUT2D eigenvalue weighted by atomic mass is 31.2. The zero-order chi connectivity index (χ0) is 30.1. The highest BCUT2D eigenvalue weighted by Crippen LogP contribution is 2.49. The van der Waals surface area contributed by atoms with Gasteiger partial charge in [-0.3, -0.25) is 23.7 Å². The van der Waals surface area contributed by atoms with E-state index in [1.165, 1.54) is 6.92 Å². The van der Waals surface area contributed by atoms with Gasteiger partial charge in [-0.25, -0.2) is 13.8 Å². The molecule has 0 radical (unpaired) electrons. The second-order valence-corrected chi connectivity index (χ2v) is 12.8. The third kappa shape index (κ3) is 7.34. The summed E-state index contributed by atoms with van der Waals surface area (Å²) in [6.45, 7) is 6.98. The van der Waals surface area contributed by atoms with Gasteiger partial charge in [0.15, 0.2) is 11.9 Å². The molecule has 0 amide bonds. The van der Waals surface area contributed by atoms with Crippen LogP contribution in [0.3, 0.4) is 0 Å². The van der Waals surface area contributed by atoms with Gasteiger partial charge in [0, 0.05) is 12.3 Å². The molecule has 226 valence electrons. The van der Waals surface area contributed by atoms with Crippen molar-refractivity contribution >= 4 is 13.7 Å². The summed E-state index contributed by atoms with van der Waals surface area (Å²) in [5.74, 6) is 0.131. The predicted octanol–water partition coefficient (Wildman–Crippen LogP) is 2.92. The average Bonchev–Trinajstić information content (AvgIpc) is 3.66. The van der Waals surface area contributed by atoms with Gasteiger partial charge in [-0.1, -0.05) is 18.2 Å². The number of esters is 1. The molecule has 14 heteroatoms. The lowest BCUT2D eigenvalue weighted by Gasteiger charge is -2.26. The number of nitrogens with one attached hydrogen (secondary N) is 2. The van der Waals surface area contributed by atoms with Crippen molar-refractivity contribution in [3.8, 4) is 5.75 Å². The molecule has 4 rings (SSSR count). The van der Waals surface area contributed by atoms with E-state index < -0.39 is 67.8 Å². The highest BCUT2D eigenvalue weighted by molar-refractivity contribution is 7.52. The maximum absolute atomic E-state index is 15.7. The third-order valence-corrected chi connectivity index (χ3v) is 8.61. The van der Waals surface area contributed by atoms with Crippen LogP contribution in [0.15, 0.2) is 40.1 Å². The number of halogens is 1. The lowest BCUT2D eigenvalue weighted by Crippen LogP contribution is -2.43. The van der Waals surface area contributed by atoms with Gasteiger partial charge >= 0.3 is 19.4 Å². The molecule has 0 bridgehead atoms. The van der Waals surface area contributed by atoms with Gasteiger partial charge in [0.05, 0.1) is 12.7 Å². The molecule has 2 fully saturated rings. The van der Waals surface area contributed by atoms with Gasteiger partial charge in [-0.15, -0.1) is 0 Å². The Labute approximate surface area is 236 Å². The molecule has 1 unspecified atom stereocenters. The van der Waals surface area contributed by atoms with Crippen LogP contribution in [-0.2, 0) is 29.8 Å². The normalized spacial score (nSPS) is 26.5. The van der Waals surface area contributed by atoms with Crippen LogP contribution in [-0.4, -0.2) is 57.3 Å². The monoisotopic (exact) mass is 597 g/mol. The molecule has 1 aliphatic carbocycles. The minimum atomic E-state index is -4.38. The van der Waals surface area contributed by atoms with Crippen LogP contribution in [0, 0.1) is 12.8 Å². The minimum absolute atomic E-state index is 0.334. The number of hydrogen-bond donors (Lipinski definition) is 3. The van der Waals surface area contributed by atoms with Crippen molar-refractivity contribution in [2.75, 3.05) is 6.61 Å². The number of rotatable bonds is 12. The van der Waals surface area contributed by atoms with E-state index in [0.29, 0.717) is 23.7 Å². The summed E-state index contributed by atoms with van der Waals surface area (Å²) in [5, 5.41) is 13.4. The zero-order valence-corrected chi connectivity index (χ0v) is 24.6. The van der Waals surface area contributed by atoms with Gasteiger partial charge in [0.2, 0.25) is 0 Å². The topological polar surface area (TPSA) is 158 Å². The van der Waals surface area contributed by atoms with E-state index in [1.54, 1.807) is 26.8 Å². The van der Waals surface area contributed by atoms with Crippen LogP contribution in [0.2, 0.25) is 0 Å². The van der Waals surface area contributed by atoms with Gasteiger partial charge < -0.3 is 19.1 Å². The van der Waals surface area contributed by atoms with Crippen LogP contribution in [0.25, 0.3) is 0 Å². The first-order valence-electron chi connectivity index (χ1n) is 13.5. The summed E-state index contributed by atoms with van der Waals surface area (Å²) in [7, 11) is -4.38. The van der Waals surface area contributed by atoms with Crippen LogP contribution >= 0.6 is 7.75 Å². The number of aromatic nitrogens is 2. The van der Waals surface area contributed by atoms with Crippen LogP contribution < -0.4 is 20.9 Å². The molecule has 2 heterocycles. The van der Waals surface area contributed by atoms with Crippen molar-refractivity contribution in [1.82, 2.24) is 14.6 Å². The lowest BCUT2D eigenvalue weighted by atomic mass is 9.98. The van der Waals surface area contributed by atoms with Crippen molar-refractivity contribution < 1.29 is 37.4 Å². The molecular formula is C27H37FN3O9P. The third-order valence-electron chi connectivity index (χ3n) is 7.00. The first-order chi connectivity index (χ1) is 19.2. The number of aliphatic hydroxyl groups excluding tert-OH is 1. The number of H-pyrrole nitrogens is 1. The van der Waals surface area contributed by atoms with E-state index >= 15 is 4.39 Å². The van der Waals surface area contributed by atoms with Crippen molar-refractivity contribution in [1.29, 1.82) is 0 Å². The molecule has 1 aromatic carbocycles. The second-order valence-electron chi connectivity index (χ2n) is 11.1. The number of carbonyl (C=O) groups excluding carboxylic acids is 1. The van der Waals surface area contributed by atoms with Gasteiger partial charge in [0.25, 0.3) is 5.56 Å². The number of ether oxygens (including phenoxy) is 2. The maximum Gasteiger partial charge on any atom is 0.459 e. The lowest BCUT2D eigenvalue weighted by molar-refractivity contribution is -0.149. The van der Waals surface area contributed by atoms with Crippen molar-refractivity contribution in [2.45, 2.75) is 90.1 Å². The van der Waals surface area contributed by atoms with Crippen LogP contribution in [0.4, 0.5) is 4.39 Å². The van der Waals surface area contributed by atoms with Crippen molar-refractivity contribution in [2.24, 2.45) is 5.92 Å². The number of aryl methyl sites for hydroxylation is 1. The quantitative estimate of drug-likeness (QED) is 0.245. The summed E-state index contributed by atoms with van der Waals surface area (Å²) >= 11 is 0. The standard InChI is InChI=1S/C27H37FN3O9P/c1-15(2)38-24(34)17(4)30-41(36,40-22-16(3)7-6-8-19(22)13-18-9-10-18)37-14-20-23(33)27(5,28)25(39-20)31-12-11-21(32)29-26(31)35/h6-8,11-12,15,17-18,20,23,25,33H,9-10,13-14H2,1-5H3,(H,30,36)(H,29,32,35)/t17-,20+,23+,25+,27+,41?/m0/s1. The molecule has 6 atom stereocenters. The maximum atomic E-state index is 15.7. The Balaban J connectivity index is 1.59. The van der Waals surface area contributed by atoms with E-state index in [2.05, 4.69) is 5.09 Å². The van der Waals surface area contributed by atoms with Crippen LogP contribution in [0.5, 0.6) is 5.75 Å². The first-order valence-corrected chi connectivity index (χ1v) is 15.1. The molecule has 1 aliphatic heterocycles. The molecule has 0 spiro atoms. The molecule has 2 aromatic rings. The van der Waals surface area contributed by atoms with E-state index in [9.17, 15) is 24.1 Å². The van der Waals surface area contributed by atoms with E-state index in [1.807, 2.05) is 17.1 Å². The molecule has 1 aromatic heterocycles. The number of nitrogens with zero attached hydrogens (tertiary/aromatic N) is 1. The molecule has 12 nitrogen and oxygen atoms in total. The average molecular weight is 598 g/mol. The van der Waals surface area contributed by atoms with Gasteiger partial charge in [-0.2, -0.15) is 5.09 Å². The van der Waals surface area contributed by atoms with E-state index in [-0.39, 0.29) is 0 Å². The van der Waals surface area contributed by atoms with Crippen molar-refractivity contribution in [3.05, 3.63) is 62.4 Å². The fourth-order valence-corrected chi connectivity index (χ4v) is 6.21. The molecule has 1 saturated heterocycles. The highest BCUT2D eigenvalue weighted by Gasteiger charge is 2.56. The molecular weight excluding hydrogens is 560 g/mol. The van der Waals surface area contributed by atoms with E-state index in [4.69, 9.17) is 18.5 Å². The Bertz CT molecular complexity index is 1420. The molecule has 3 N–H and O–H groups in total. The molecule has 41 heavy (non-hydrogen) atoms. The van der Waals surface area contributed by atoms with Crippen molar-refractivity contribution in [3.63, 3.8) is 0 Å². The Morgan fingerprint density at radius 2 is 2.00 bits per heavy atom. The Morgan fingerprint density at radius 3 is 2.63 bits per heavy atom. The fraction of sp³-hybridized carbons (Fsp3) is 0.593. The second kappa shape index (κ2) is 12.2. The number of para-hydroxylation sites is 1. The van der Waals surface area contributed by atoms with E-state index in [0.717, 1.165) is 42.2 Å². The number of aliphatic hydroxyl groups is 1. The summed E-state index contributed by atoms with van der Waals surface area (Å²) < 4.78 is 53.2. The first kappa shape index (κ1) is 31.1. The van der Waals surface area contributed by atoms with Crippen LogP contribution in [0.1, 0.15) is 57.9 Å². The Hall–Kier alpha value is -2.83. The predicted molar refractivity (Wildman–Crippen MR) is 146 cm³/mol. The summed E-state index contributed by atoms with van der Waals surface area (Å²) in [6.07, 6.45) is -1.33.